The van der Waals surface area contributed by atoms with Gasteiger partial charge in [0.2, 0.25) is 0 Å². The van der Waals surface area contributed by atoms with Gasteiger partial charge < -0.3 is 4.74 Å². The lowest BCUT2D eigenvalue weighted by Gasteiger charge is -2.20. The van der Waals surface area contributed by atoms with Crippen LogP contribution in [0.3, 0.4) is 0 Å². The molecule has 0 aromatic heterocycles. The van der Waals surface area contributed by atoms with E-state index in [-0.39, 0.29) is 0 Å². The van der Waals surface area contributed by atoms with Crippen molar-refractivity contribution in [3.05, 3.63) is 74.6 Å². The van der Waals surface area contributed by atoms with Gasteiger partial charge in [0.15, 0.2) is 0 Å². The number of halogens is 1. The summed E-state index contributed by atoms with van der Waals surface area (Å²) in [6, 6.07) is 15.7. The van der Waals surface area contributed by atoms with Crippen LogP contribution in [0.25, 0.3) is 10.4 Å². The fourth-order valence-electron chi connectivity index (χ4n) is 1.90. The average molecular weight is 346 g/mol. The van der Waals surface area contributed by atoms with Gasteiger partial charge in [-0.2, -0.15) is 0 Å². The molecule has 2 rings (SSSR count). The molecule has 0 spiro atoms. The number of nitrogens with zero attached hydrogens (tertiary/aromatic N) is 3. The van der Waals surface area contributed by atoms with Crippen molar-refractivity contribution in [3.8, 4) is 5.75 Å². The molecule has 0 aliphatic carbocycles. The van der Waals surface area contributed by atoms with Gasteiger partial charge in [-0.25, -0.2) is 0 Å². The lowest BCUT2D eigenvalue weighted by atomic mass is 9.95. The molecule has 0 aliphatic rings. The van der Waals surface area contributed by atoms with Gasteiger partial charge >= 0.3 is 0 Å². The molecule has 2 aromatic rings. The summed E-state index contributed by atoms with van der Waals surface area (Å²) in [5.74, 6) is 0.734. The second kappa shape index (κ2) is 6.66. The van der Waals surface area contributed by atoms with Crippen molar-refractivity contribution < 1.29 is 4.74 Å². The number of azide groups is 1. The van der Waals surface area contributed by atoms with Crippen molar-refractivity contribution in [2.45, 2.75) is 26.0 Å². The molecule has 2 aromatic carbocycles. The lowest BCUT2D eigenvalue weighted by Crippen LogP contribution is -2.12. The number of rotatable bonds is 5. The van der Waals surface area contributed by atoms with Crippen molar-refractivity contribution in [2.75, 3.05) is 0 Å². The third kappa shape index (κ3) is 4.00. The Morgan fingerprint density at radius 1 is 1.19 bits per heavy atom. The topological polar surface area (TPSA) is 58.0 Å². The largest absolute Gasteiger partial charge is 0.488 e. The number of ether oxygens (including phenoxy) is 1. The second-order valence-electron chi connectivity index (χ2n) is 5.17. The van der Waals surface area contributed by atoms with Crippen molar-refractivity contribution in [1.29, 1.82) is 0 Å². The quantitative estimate of drug-likeness (QED) is 0.396. The number of benzene rings is 2. The summed E-state index contributed by atoms with van der Waals surface area (Å²) in [4.78, 5) is 2.90. The maximum atomic E-state index is 8.66. The van der Waals surface area contributed by atoms with Crippen LogP contribution in [0.2, 0.25) is 0 Å². The van der Waals surface area contributed by atoms with Crippen molar-refractivity contribution in [1.82, 2.24) is 0 Å². The van der Waals surface area contributed by atoms with E-state index < -0.39 is 5.54 Å². The minimum Gasteiger partial charge on any atom is -0.488 e. The van der Waals surface area contributed by atoms with Crippen molar-refractivity contribution in [3.63, 3.8) is 0 Å². The van der Waals surface area contributed by atoms with Crippen LogP contribution in [0.5, 0.6) is 5.75 Å². The Kier molecular flexibility index (Phi) is 4.89. The molecular formula is C16H16BrN3O. The van der Waals surface area contributed by atoms with Crippen molar-refractivity contribution in [2.24, 2.45) is 5.11 Å². The molecule has 0 fully saturated rings. The standard InChI is InChI=1S/C16H16BrN3O/c1-16(2,19-20-18)13-8-9-14(17)15(10-13)21-11-12-6-4-3-5-7-12/h3-10H,11H2,1-2H3. The fourth-order valence-corrected chi connectivity index (χ4v) is 2.26. The van der Waals surface area contributed by atoms with E-state index in [1.54, 1.807) is 0 Å². The van der Waals surface area contributed by atoms with Gasteiger partial charge in [-0.3, -0.25) is 0 Å². The zero-order valence-electron chi connectivity index (χ0n) is 12.0. The highest BCUT2D eigenvalue weighted by Crippen LogP contribution is 2.33. The first-order valence-electron chi connectivity index (χ1n) is 6.56. The second-order valence-corrected chi connectivity index (χ2v) is 6.02. The van der Waals surface area contributed by atoms with E-state index in [2.05, 4.69) is 26.0 Å². The summed E-state index contributed by atoms with van der Waals surface area (Å²) in [5, 5.41) is 3.83. The van der Waals surface area contributed by atoms with Gasteiger partial charge in [0.1, 0.15) is 12.4 Å². The van der Waals surface area contributed by atoms with E-state index in [0.717, 1.165) is 21.3 Å². The summed E-state index contributed by atoms with van der Waals surface area (Å²) in [5.41, 5.74) is 10.1. The SMILES string of the molecule is CC(C)(N=[N+]=[N-])c1ccc(Br)c(OCc2ccccc2)c1. The molecule has 21 heavy (non-hydrogen) atoms. The Labute approximate surface area is 132 Å². The minimum absolute atomic E-state index is 0.491. The summed E-state index contributed by atoms with van der Waals surface area (Å²) in [6.07, 6.45) is 0. The van der Waals surface area contributed by atoms with E-state index in [1.807, 2.05) is 62.4 Å². The summed E-state index contributed by atoms with van der Waals surface area (Å²) in [7, 11) is 0. The van der Waals surface area contributed by atoms with Crippen LogP contribution in [-0.2, 0) is 12.1 Å². The van der Waals surface area contributed by atoms with Gasteiger partial charge in [-0.15, -0.1) is 0 Å². The van der Waals surface area contributed by atoms with E-state index >= 15 is 0 Å². The van der Waals surface area contributed by atoms with Gasteiger partial charge in [-0.05, 0) is 44.7 Å². The van der Waals surface area contributed by atoms with E-state index in [1.165, 1.54) is 0 Å². The van der Waals surface area contributed by atoms with Gasteiger partial charge in [0, 0.05) is 4.91 Å². The first-order valence-corrected chi connectivity index (χ1v) is 7.35. The highest BCUT2D eigenvalue weighted by molar-refractivity contribution is 9.10. The Morgan fingerprint density at radius 2 is 1.90 bits per heavy atom. The Bertz CT molecular complexity index is 664. The number of hydrogen-bond donors (Lipinski definition) is 0. The number of hydrogen-bond acceptors (Lipinski definition) is 2. The predicted molar refractivity (Wildman–Crippen MR) is 87.1 cm³/mol. The van der Waals surface area contributed by atoms with Gasteiger partial charge in [0.25, 0.3) is 0 Å². The Hall–Kier alpha value is -1.97. The van der Waals surface area contributed by atoms with Gasteiger partial charge in [-0.1, -0.05) is 55.4 Å². The Balaban J connectivity index is 2.22. The molecule has 0 N–H and O–H groups in total. The van der Waals surface area contributed by atoms with E-state index in [4.69, 9.17) is 10.3 Å². The molecule has 0 aliphatic heterocycles. The zero-order valence-corrected chi connectivity index (χ0v) is 13.5. The summed E-state index contributed by atoms with van der Waals surface area (Å²) >= 11 is 3.48. The monoisotopic (exact) mass is 345 g/mol. The van der Waals surface area contributed by atoms with Crippen LogP contribution in [0.1, 0.15) is 25.0 Å². The fraction of sp³-hybridized carbons (Fsp3) is 0.250. The molecule has 0 heterocycles. The summed E-state index contributed by atoms with van der Waals surface area (Å²) in [6.45, 7) is 4.23. The molecule has 4 nitrogen and oxygen atoms in total. The molecule has 0 atom stereocenters. The van der Waals surface area contributed by atoms with Crippen LogP contribution in [-0.4, -0.2) is 0 Å². The van der Waals surface area contributed by atoms with E-state index in [9.17, 15) is 0 Å². The molecule has 0 saturated heterocycles. The molecule has 0 amide bonds. The smallest absolute Gasteiger partial charge is 0.134 e. The molecule has 5 heteroatoms. The van der Waals surface area contributed by atoms with Crippen LogP contribution >= 0.6 is 15.9 Å². The first kappa shape index (κ1) is 15.4. The lowest BCUT2D eigenvalue weighted by molar-refractivity contribution is 0.303. The zero-order chi connectivity index (χ0) is 15.3. The van der Waals surface area contributed by atoms with Crippen LogP contribution in [0, 0.1) is 0 Å². The molecule has 0 unspecified atom stereocenters. The maximum absolute atomic E-state index is 8.66. The average Bonchev–Trinajstić information content (AvgIpc) is 2.47. The normalized spacial score (nSPS) is 10.8. The first-order chi connectivity index (χ1) is 10.0. The predicted octanol–water partition coefficient (Wildman–Crippen LogP) is 5.57. The molecule has 0 saturated carbocycles. The Morgan fingerprint density at radius 3 is 2.57 bits per heavy atom. The van der Waals surface area contributed by atoms with E-state index in [0.29, 0.717) is 6.61 Å². The van der Waals surface area contributed by atoms with Gasteiger partial charge in [0.05, 0.1) is 10.0 Å². The minimum atomic E-state index is -0.611. The van der Waals surface area contributed by atoms with Crippen LogP contribution < -0.4 is 4.74 Å². The van der Waals surface area contributed by atoms with Crippen LogP contribution in [0.4, 0.5) is 0 Å². The van der Waals surface area contributed by atoms with Crippen molar-refractivity contribution >= 4 is 15.9 Å². The molecular weight excluding hydrogens is 330 g/mol. The third-order valence-electron chi connectivity index (χ3n) is 3.17. The van der Waals surface area contributed by atoms with Crippen LogP contribution in [0.15, 0.2) is 58.1 Å². The summed E-state index contributed by atoms with van der Waals surface area (Å²) < 4.78 is 6.73. The molecule has 0 radical (unpaired) electrons. The third-order valence-corrected chi connectivity index (χ3v) is 3.82. The molecule has 0 bridgehead atoms. The highest BCUT2D eigenvalue weighted by Gasteiger charge is 2.20. The maximum Gasteiger partial charge on any atom is 0.134 e. The molecule has 108 valence electrons. The highest BCUT2D eigenvalue weighted by atomic mass is 79.9.